The van der Waals surface area contributed by atoms with E-state index in [1.807, 2.05) is 17.5 Å². The summed E-state index contributed by atoms with van der Waals surface area (Å²) in [6.45, 7) is 0.104. The minimum absolute atomic E-state index is 0.104. The molecule has 2 N–H and O–H groups in total. The standard InChI is InChI=1S/C18H16ClN5O2S/c1-23-16(26)7-6-14-17(23)20-10-24(14)8-15(25)22-18-21-13(9-27-18)11-2-4-12(19)5-3-11/h2-7,9-10,16,26H,8H2,1H3,(H,21,22,25). The summed E-state index contributed by atoms with van der Waals surface area (Å²) in [5, 5.41) is 15.7. The first-order valence-corrected chi connectivity index (χ1v) is 9.42. The maximum Gasteiger partial charge on any atom is 0.246 e. The van der Waals surface area contributed by atoms with Crippen molar-refractivity contribution >= 4 is 45.9 Å². The van der Waals surface area contributed by atoms with Crippen molar-refractivity contribution in [2.75, 3.05) is 17.3 Å². The molecule has 0 spiro atoms. The second-order valence-corrected chi connectivity index (χ2v) is 7.35. The maximum absolute atomic E-state index is 12.4. The number of nitrogens with zero attached hydrogens (tertiary/aromatic N) is 4. The van der Waals surface area contributed by atoms with Crippen LogP contribution in [0.2, 0.25) is 5.02 Å². The summed E-state index contributed by atoms with van der Waals surface area (Å²) in [5.41, 5.74) is 2.50. The van der Waals surface area contributed by atoms with E-state index >= 15 is 0 Å². The van der Waals surface area contributed by atoms with Crippen LogP contribution in [-0.2, 0) is 11.3 Å². The summed E-state index contributed by atoms with van der Waals surface area (Å²) in [5.74, 6) is 0.437. The minimum Gasteiger partial charge on any atom is -0.370 e. The van der Waals surface area contributed by atoms with Crippen LogP contribution in [0.1, 0.15) is 5.69 Å². The van der Waals surface area contributed by atoms with Crippen molar-refractivity contribution in [3.8, 4) is 11.3 Å². The summed E-state index contributed by atoms with van der Waals surface area (Å²) >= 11 is 7.27. The number of halogens is 1. The van der Waals surface area contributed by atoms with Crippen molar-refractivity contribution in [2.45, 2.75) is 12.8 Å². The van der Waals surface area contributed by atoms with Gasteiger partial charge in [-0.3, -0.25) is 4.79 Å². The molecular formula is C18H16ClN5O2S. The van der Waals surface area contributed by atoms with E-state index in [1.165, 1.54) is 11.3 Å². The van der Waals surface area contributed by atoms with Crippen LogP contribution in [0.3, 0.4) is 0 Å². The van der Waals surface area contributed by atoms with Crippen LogP contribution in [0.15, 0.2) is 42.0 Å². The Morgan fingerprint density at radius 2 is 2.15 bits per heavy atom. The number of carbonyl (C=O) groups excluding carboxylic acids is 1. The van der Waals surface area contributed by atoms with Gasteiger partial charge in [0.15, 0.2) is 10.9 Å². The lowest BCUT2D eigenvalue weighted by Crippen LogP contribution is -2.32. The highest BCUT2D eigenvalue weighted by molar-refractivity contribution is 7.14. The number of likely N-dealkylation sites (N-methyl/N-ethyl adjacent to an activating group) is 1. The number of fused-ring (bicyclic) bond motifs is 1. The monoisotopic (exact) mass is 401 g/mol. The summed E-state index contributed by atoms with van der Waals surface area (Å²) < 4.78 is 1.73. The van der Waals surface area contributed by atoms with Crippen LogP contribution >= 0.6 is 22.9 Å². The van der Waals surface area contributed by atoms with Gasteiger partial charge < -0.3 is 19.9 Å². The second kappa shape index (κ2) is 7.15. The lowest BCUT2D eigenvalue weighted by molar-refractivity contribution is -0.116. The van der Waals surface area contributed by atoms with Gasteiger partial charge in [-0.15, -0.1) is 11.3 Å². The van der Waals surface area contributed by atoms with E-state index in [2.05, 4.69) is 15.3 Å². The molecule has 1 aliphatic heterocycles. The first-order chi connectivity index (χ1) is 13.0. The zero-order valence-corrected chi connectivity index (χ0v) is 15.9. The summed E-state index contributed by atoms with van der Waals surface area (Å²) in [7, 11) is 1.75. The van der Waals surface area contributed by atoms with Gasteiger partial charge in [0.2, 0.25) is 5.91 Å². The number of nitrogens with one attached hydrogen (secondary N) is 1. The van der Waals surface area contributed by atoms with Crippen molar-refractivity contribution in [1.29, 1.82) is 0 Å². The number of rotatable bonds is 4. The third kappa shape index (κ3) is 3.59. The molecule has 27 heavy (non-hydrogen) atoms. The molecule has 0 radical (unpaired) electrons. The second-order valence-electron chi connectivity index (χ2n) is 6.06. The number of anilines is 2. The molecule has 0 bridgehead atoms. The van der Waals surface area contributed by atoms with Crippen molar-refractivity contribution in [3.05, 3.63) is 52.8 Å². The first kappa shape index (κ1) is 17.7. The van der Waals surface area contributed by atoms with Crippen LogP contribution in [0.5, 0.6) is 0 Å². The van der Waals surface area contributed by atoms with Crippen LogP contribution in [0.4, 0.5) is 10.9 Å². The largest absolute Gasteiger partial charge is 0.370 e. The van der Waals surface area contributed by atoms with E-state index in [4.69, 9.17) is 11.6 Å². The molecule has 0 aliphatic carbocycles. The number of imidazole rings is 1. The number of hydrogen-bond acceptors (Lipinski definition) is 6. The smallest absolute Gasteiger partial charge is 0.246 e. The highest BCUT2D eigenvalue weighted by atomic mass is 35.5. The lowest BCUT2D eigenvalue weighted by atomic mass is 10.2. The quantitative estimate of drug-likeness (QED) is 0.702. The van der Waals surface area contributed by atoms with Gasteiger partial charge in [-0.2, -0.15) is 0 Å². The number of benzene rings is 1. The van der Waals surface area contributed by atoms with Gasteiger partial charge in [-0.25, -0.2) is 9.97 Å². The molecule has 7 nitrogen and oxygen atoms in total. The Hall–Kier alpha value is -2.68. The summed E-state index contributed by atoms with van der Waals surface area (Å²) in [6.07, 6.45) is 4.29. The molecule has 1 amide bonds. The molecule has 138 valence electrons. The first-order valence-electron chi connectivity index (χ1n) is 8.17. The van der Waals surface area contributed by atoms with Crippen molar-refractivity contribution in [2.24, 2.45) is 0 Å². The molecule has 3 heterocycles. The average molecular weight is 402 g/mol. The molecule has 9 heteroatoms. The van der Waals surface area contributed by atoms with Gasteiger partial charge in [0, 0.05) is 23.0 Å². The van der Waals surface area contributed by atoms with E-state index < -0.39 is 6.23 Å². The van der Waals surface area contributed by atoms with Gasteiger partial charge in [0.1, 0.15) is 12.8 Å². The van der Waals surface area contributed by atoms with E-state index in [0.29, 0.717) is 16.0 Å². The lowest BCUT2D eigenvalue weighted by Gasteiger charge is -2.25. The maximum atomic E-state index is 12.4. The summed E-state index contributed by atoms with van der Waals surface area (Å²) in [6, 6.07) is 7.38. The average Bonchev–Trinajstić information content (AvgIpc) is 3.26. The fraction of sp³-hybridized carbons (Fsp3) is 0.167. The predicted octanol–water partition coefficient (Wildman–Crippen LogP) is 3.08. The van der Waals surface area contributed by atoms with Gasteiger partial charge >= 0.3 is 0 Å². The highest BCUT2D eigenvalue weighted by Crippen LogP contribution is 2.27. The topological polar surface area (TPSA) is 83.3 Å². The number of aliphatic hydroxyl groups excluding tert-OH is 1. The number of aliphatic hydroxyl groups is 1. The van der Waals surface area contributed by atoms with Crippen LogP contribution in [0, 0.1) is 0 Å². The van der Waals surface area contributed by atoms with E-state index in [-0.39, 0.29) is 12.5 Å². The Balaban J connectivity index is 1.45. The molecule has 1 unspecified atom stereocenters. The summed E-state index contributed by atoms with van der Waals surface area (Å²) in [4.78, 5) is 22.8. The number of carbonyl (C=O) groups is 1. The number of amides is 1. The normalized spacial score (nSPS) is 15.7. The van der Waals surface area contributed by atoms with E-state index in [9.17, 15) is 9.90 Å². The molecule has 4 rings (SSSR count). The third-order valence-corrected chi connectivity index (χ3v) is 5.23. The van der Waals surface area contributed by atoms with E-state index in [0.717, 1.165) is 17.0 Å². The molecule has 0 fully saturated rings. The van der Waals surface area contributed by atoms with Gasteiger partial charge in [0.25, 0.3) is 0 Å². The Morgan fingerprint density at radius 3 is 2.93 bits per heavy atom. The number of thiazole rings is 1. The molecule has 1 aliphatic rings. The zero-order valence-electron chi connectivity index (χ0n) is 14.3. The highest BCUT2D eigenvalue weighted by Gasteiger charge is 2.22. The minimum atomic E-state index is -0.712. The van der Waals surface area contributed by atoms with Crippen LogP contribution in [0.25, 0.3) is 17.3 Å². The molecule has 1 aromatic carbocycles. The SMILES string of the molecule is CN1c2ncn(CC(=O)Nc3nc(-c4ccc(Cl)cc4)cs3)c2C=CC1O. The van der Waals surface area contributed by atoms with Crippen LogP contribution in [-0.4, -0.2) is 38.8 Å². The Labute approximate surface area is 164 Å². The van der Waals surface area contributed by atoms with Gasteiger partial charge in [-0.05, 0) is 24.3 Å². The fourth-order valence-corrected chi connectivity index (χ4v) is 3.64. The Morgan fingerprint density at radius 1 is 1.37 bits per heavy atom. The van der Waals surface area contributed by atoms with Gasteiger partial charge in [-0.1, -0.05) is 23.7 Å². The number of aromatic nitrogens is 3. The predicted molar refractivity (Wildman–Crippen MR) is 107 cm³/mol. The molecular weight excluding hydrogens is 386 g/mol. The zero-order chi connectivity index (χ0) is 19.0. The Kier molecular flexibility index (Phi) is 4.69. The Bertz CT molecular complexity index is 1010. The van der Waals surface area contributed by atoms with E-state index in [1.54, 1.807) is 47.1 Å². The molecule has 2 aromatic heterocycles. The third-order valence-electron chi connectivity index (χ3n) is 4.22. The van der Waals surface area contributed by atoms with Crippen molar-refractivity contribution < 1.29 is 9.90 Å². The molecule has 0 saturated heterocycles. The van der Waals surface area contributed by atoms with Crippen LogP contribution < -0.4 is 10.2 Å². The molecule has 1 atom stereocenters. The molecule has 3 aromatic rings. The van der Waals surface area contributed by atoms with Crippen molar-refractivity contribution in [1.82, 2.24) is 14.5 Å². The fourth-order valence-electron chi connectivity index (χ4n) is 2.78. The number of hydrogen-bond donors (Lipinski definition) is 2. The molecule has 0 saturated carbocycles. The van der Waals surface area contributed by atoms with Crippen molar-refractivity contribution in [3.63, 3.8) is 0 Å². The van der Waals surface area contributed by atoms with Gasteiger partial charge in [0.05, 0.1) is 17.7 Å².